The smallest absolute Gasteiger partial charge is 0.318 e. The Morgan fingerprint density at radius 1 is 1.18 bits per heavy atom. The number of likely N-dealkylation sites (tertiary alicyclic amines) is 1. The molecule has 4 aliphatic heterocycles. The molecule has 2 bridgehead atoms. The molecule has 0 unspecified atom stereocenters. The lowest BCUT2D eigenvalue weighted by molar-refractivity contribution is 0.00334. The number of para-hydroxylation sites is 1. The molecule has 28 heavy (non-hydrogen) atoms. The van der Waals surface area contributed by atoms with E-state index in [0.29, 0.717) is 18.5 Å². The average Bonchev–Trinajstić information content (AvgIpc) is 3.42. The van der Waals surface area contributed by atoms with Gasteiger partial charge in [0.05, 0.1) is 26.0 Å². The zero-order chi connectivity index (χ0) is 19.1. The molecule has 4 aliphatic rings. The quantitative estimate of drug-likeness (QED) is 0.884. The monoisotopic (exact) mass is 381 g/mol. The van der Waals surface area contributed by atoms with Crippen LogP contribution in [-0.4, -0.2) is 54.7 Å². The average molecular weight is 381 g/mol. The number of furan rings is 1. The zero-order valence-corrected chi connectivity index (χ0v) is 16.2. The van der Waals surface area contributed by atoms with Crippen LogP contribution in [0.15, 0.2) is 47.1 Å². The molecule has 3 atom stereocenters. The van der Waals surface area contributed by atoms with Gasteiger partial charge < -0.3 is 19.4 Å². The first-order valence-corrected chi connectivity index (χ1v) is 10.2. The van der Waals surface area contributed by atoms with Gasteiger partial charge in [0.2, 0.25) is 0 Å². The Bertz CT molecular complexity index is 829. The maximum Gasteiger partial charge on any atom is 0.318 e. The van der Waals surface area contributed by atoms with E-state index >= 15 is 0 Å². The first-order chi connectivity index (χ1) is 13.8. The van der Waals surface area contributed by atoms with Crippen LogP contribution in [0.1, 0.15) is 30.1 Å². The van der Waals surface area contributed by atoms with Gasteiger partial charge in [0, 0.05) is 24.1 Å². The van der Waals surface area contributed by atoms with E-state index in [0.717, 1.165) is 31.1 Å². The molecule has 6 heteroatoms. The number of piperidine rings is 3. The van der Waals surface area contributed by atoms with E-state index in [4.69, 9.17) is 9.15 Å². The second-order valence-electron chi connectivity index (χ2n) is 8.09. The summed E-state index contributed by atoms with van der Waals surface area (Å²) < 4.78 is 11.0. The minimum absolute atomic E-state index is 0.0116. The van der Waals surface area contributed by atoms with E-state index in [1.807, 2.05) is 24.3 Å². The molecule has 6 nitrogen and oxygen atoms in total. The summed E-state index contributed by atoms with van der Waals surface area (Å²) in [6.07, 6.45) is 4.00. The van der Waals surface area contributed by atoms with Crippen LogP contribution in [0.4, 0.5) is 4.79 Å². The van der Waals surface area contributed by atoms with Crippen LogP contribution in [0.25, 0.3) is 0 Å². The molecule has 0 spiro atoms. The Labute approximate surface area is 165 Å². The fourth-order valence-electron chi connectivity index (χ4n) is 5.58. The molecule has 5 heterocycles. The fourth-order valence-corrected chi connectivity index (χ4v) is 5.58. The standard InChI is InChI=1S/C22H27N3O3/c1-27-19-7-3-2-6-17(19)18-14-25(22(26)23-13-16-5-4-12-28-16)20-15-8-10-24(11-9-15)21(18)20/h2-7,12,15,18,20-21H,8-11,13-14H2,1H3,(H,23,26)/t18-,20-,21-/m0/s1. The molecule has 4 fully saturated rings. The van der Waals surface area contributed by atoms with Gasteiger partial charge in [-0.25, -0.2) is 4.79 Å². The van der Waals surface area contributed by atoms with Gasteiger partial charge in [0.15, 0.2) is 0 Å². The third-order valence-electron chi connectivity index (χ3n) is 6.79. The lowest BCUT2D eigenvalue weighted by Crippen LogP contribution is -2.61. The van der Waals surface area contributed by atoms with E-state index in [1.54, 1.807) is 13.4 Å². The summed E-state index contributed by atoms with van der Waals surface area (Å²) in [7, 11) is 1.73. The van der Waals surface area contributed by atoms with Crippen molar-refractivity contribution in [3.8, 4) is 5.75 Å². The molecule has 1 aromatic heterocycles. The van der Waals surface area contributed by atoms with Crippen molar-refractivity contribution in [3.05, 3.63) is 54.0 Å². The summed E-state index contributed by atoms with van der Waals surface area (Å²) in [6, 6.07) is 12.7. The van der Waals surface area contributed by atoms with Crippen molar-refractivity contribution in [2.75, 3.05) is 26.7 Å². The van der Waals surface area contributed by atoms with E-state index in [-0.39, 0.29) is 18.0 Å². The van der Waals surface area contributed by atoms with Crippen molar-refractivity contribution in [1.29, 1.82) is 0 Å². The number of nitrogens with zero attached hydrogens (tertiary/aromatic N) is 2. The second kappa shape index (κ2) is 7.17. The SMILES string of the molecule is COc1ccccc1[C@@H]1CN(C(=O)NCc2ccco2)[C@H]2C3CCN(CC3)[C@@H]12. The lowest BCUT2D eigenvalue weighted by atomic mass is 9.75. The van der Waals surface area contributed by atoms with Gasteiger partial charge in [0.25, 0.3) is 0 Å². The molecule has 1 N–H and O–H groups in total. The Morgan fingerprint density at radius 3 is 2.75 bits per heavy atom. The highest BCUT2D eigenvalue weighted by atomic mass is 16.5. The number of hydrogen-bond acceptors (Lipinski definition) is 4. The minimum atomic E-state index is 0.0116. The molecule has 0 saturated carbocycles. The summed E-state index contributed by atoms with van der Waals surface area (Å²) >= 11 is 0. The summed E-state index contributed by atoms with van der Waals surface area (Å²) in [4.78, 5) is 17.8. The number of amides is 2. The number of rotatable bonds is 4. The lowest BCUT2D eigenvalue weighted by Gasteiger charge is -2.51. The van der Waals surface area contributed by atoms with Crippen molar-refractivity contribution in [2.24, 2.45) is 5.92 Å². The third-order valence-corrected chi connectivity index (χ3v) is 6.79. The minimum Gasteiger partial charge on any atom is -0.496 e. The number of carbonyl (C=O) groups is 1. The van der Waals surface area contributed by atoms with Gasteiger partial charge in [-0.15, -0.1) is 0 Å². The van der Waals surface area contributed by atoms with Crippen LogP contribution in [0.5, 0.6) is 5.75 Å². The van der Waals surface area contributed by atoms with Crippen molar-refractivity contribution < 1.29 is 13.9 Å². The molecule has 1 aromatic carbocycles. The van der Waals surface area contributed by atoms with Crippen molar-refractivity contribution >= 4 is 6.03 Å². The Hall–Kier alpha value is -2.47. The molecular weight excluding hydrogens is 354 g/mol. The van der Waals surface area contributed by atoms with Crippen LogP contribution >= 0.6 is 0 Å². The Kier molecular flexibility index (Phi) is 4.51. The number of benzene rings is 1. The van der Waals surface area contributed by atoms with Gasteiger partial charge in [0.1, 0.15) is 11.5 Å². The zero-order valence-electron chi connectivity index (χ0n) is 16.2. The molecule has 6 rings (SSSR count). The molecule has 148 valence electrons. The highest BCUT2D eigenvalue weighted by Crippen LogP contribution is 2.48. The number of carbonyl (C=O) groups excluding carboxylic acids is 1. The second-order valence-corrected chi connectivity index (χ2v) is 8.09. The van der Waals surface area contributed by atoms with E-state index in [2.05, 4.69) is 27.2 Å². The van der Waals surface area contributed by atoms with Gasteiger partial charge in [-0.1, -0.05) is 18.2 Å². The van der Waals surface area contributed by atoms with Crippen LogP contribution in [-0.2, 0) is 6.54 Å². The number of methoxy groups -OCH3 is 1. The molecular formula is C22H27N3O3. The van der Waals surface area contributed by atoms with E-state index < -0.39 is 0 Å². The molecule has 0 aliphatic carbocycles. The summed E-state index contributed by atoms with van der Waals surface area (Å²) in [5.41, 5.74) is 1.22. The number of fused-ring (bicyclic) bond motifs is 2. The molecule has 2 aromatic rings. The third kappa shape index (κ3) is 2.87. The molecule has 0 radical (unpaired) electrons. The summed E-state index contributed by atoms with van der Waals surface area (Å²) in [6.45, 7) is 3.43. The van der Waals surface area contributed by atoms with Crippen molar-refractivity contribution in [1.82, 2.24) is 15.1 Å². The largest absolute Gasteiger partial charge is 0.496 e. The number of ether oxygens (including phenoxy) is 1. The Morgan fingerprint density at radius 2 is 2.00 bits per heavy atom. The normalized spacial score (nSPS) is 30.9. The number of nitrogens with one attached hydrogen (secondary N) is 1. The van der Waals surface area contributed by atoms with Gasteiger partial charge in [-0.05, 0) is 50.0 Å². The van der Waals surface area contributed by atoms with Gasteiger partial charge in [-0.2, -0.15) is 0 Å². The first kappa shape index (κ1) is 17.6. The van der Waals surface area contributed by atoms with Gasteiger partial charge >= 0.3 is 6.03 Å². The Balaban J connectivity index is 1.43. The number of hydrogen-bond donors (Lipinski definition) is 1. The van der Waals surface area contributed by atoms with E-state index in [1.165, 1.54) is 18.4 Å². The highest BCUT2D eigenvalue weighted by molar-refractivity contribution is 5.75. The topological polar surface area (TPSA) is 58.0 Å². The first-order valence-electron chi connectivity index (χ1n) is 10.2. The summed E-state index contributed by atoms with van der Waals surface area (Å²) in [5, 5.41) is 3.06. The van der Waals surface area contributed by atoms with Crippen LogP contribution in [0, 0.1) is 5.92 Å². The number of urea groups is 1. The maximum absolute atomic E-state index is 13.1. The maximum atomic E-state index is 13.1. The predicted octanol–water partition coefficient (Wildman–Crippen LogP) is 3.06. The highest BCUT2D eigenvalue weighted by Gasteiger charge is 2.55. The molecule has 2 amide bonds. The van der Waals surface area contributed by atoms with Crippen molar-refractivity contribution in [2.45, 2.75) is 37.4 Å². The van der Waals surface area contributed by atoms with Crippen LogP contribution < -0.4 is 10.1 Å². The summed E-state index contributed by atoms with van der Waals surface area (Å²) in [5.74, 6) is 2.56. The predicted molar refractivity (Wildman–Crippen MR) is 105 cm³/mol. The van der Waals surface area contributed by atoms with Crippen molar-refractivity contribution in [3.63, 3.8) is 0 Å². The van der Waals surface area contributed by atoms with Gasteiger partial charge in [-0.3, -0.25) is 4.90 Å². The van der Waals surface area contributed by atoms with E-state index in [9.17, 15) is 4.79 Å². The molecule has 4 saturated heterocycles. The van der Waals surface area contributed by atoms with Crippen LogP contribution in [0.3, 0.4) is 0 Å². The van der Waals surface area contributed by atoms with Crippen LogP contribution in [0.2, 0.25) is 0 Å². The fraction of sp³-hybridized carbons (Fsp3) is 0.500.